The van der Waals surface area contributed by atoms with Gasteiger partial charge in [0.15, 0.2) is 5.60 Å². The number of hydrogen-bond donors (Lipinski definition) is 3. The van der Waals surface area contributed by atoms with Gasteiger partial charge in [-0.15, -0.1) is 0 Å². The van der Waals surface area contributed by atoms with Crippen molar-refractivity contribution in [3.05, 3.63) is 53.6 Å². The van der Waals surface area contributed by atoms with Gasteiger partial charge in [-0.1, -0.05) is 19.1 Å². The number of ether oxygens (including phenoxy) is 1. The van der Waals surface area contributed by atoms with Crippen LogP contribution in [0.15, 0.2) is 42.5 Å². The van der Waals surface area contributed by atoms with Gasteiger partial charge in [0.1, 0.15) is 0 Å². The number of carbonyl (C=O) groups excluding carboxylic acids is 3. The third kappa shape index (κ3) is 4.24. The first kappa shape index (κ1) is 22.9. The van der Waals surface area contributed by atoms with E-state index in [0.29, 0.717) is 30.8 Å². The molecule has 1 fully saturated rings. The van der Waals surface area contributed by atoms with E-state index in [1.807, 2.05) is 31.2 Å². The average molecular weight is 452 g/mol. The molecule has 2 aliphatic heterocycles. The maximum Gasteiger partial charge on any atom is 0.264 e. The number of anilines is 3. The van der Waals surface area contributed by atoms with Crippen LogP contribution in [0.5, 0.6) is 0 Å². The molecule has 8 nitrogen and oxygen atoms in total. The highest BCUT2D eigenvalue weighted by molar-refractivity contribution is 6.08. The van der Waals surface area contributed by atoms with E-state index in [2.05, 4.69) is 10.6 Å². The van der Waals surface area contributed by atoms with E-state index in [1.54, 1.807) is 23.1 Å². The Morgan fingerprint density at radius 1 is 1.09 bits per heavy atom. The molecule has 174 valence electrons. The number of benzene rings is 2. The molecule has 2 aliphatic rings. The monoisotopic (exact) mass is 451 g/mol. The van der Waals surface area contributed by atoms with E-state index < -0.39 is 5.60 Å². The summed E-state index contributed by atoms with van der Waals surface area (Å²) in [6, 6.07) is 12.8. The summed E-state index contributed by atoms with van der Waals surface area (Å²) in [4.78, 5) is 38.5. The summed E-state index contributed by atoms with van der Waals surface area (Å²) in [5, 5.41) is 15.0. The number of nitrogens with zero attached hydrogens (tertiary/aromatic N) is 1. The smallest absolute Gasteiger partial charge is 0.264 e. The lowest BCUT2D eigenvalue weighted by atomic mass is 9.83. The van der Waals surface area contributed by atoms with E-state index in [9.17, 15) is 19.5 Å². The number of aliphatic hydroxyl groups is 1. The Kier molecular flexibility index (Phi) is 6.23. The largest absolute Gasteiger partial charge is 0.396 e. The van der Waals surface area contributed by atoms with Crippen LogP contribution in [0, 0.1) is 5.92 Å². The molecule has 0 radical (unpaired) electrons. The van der Waals surface area contributed by atoms with Crippen molar-refractivity contribution in [2.75, 3.05) is 22.1 Å². The molecule has 2 aromatic rings. The minimum Gasteiger partial charge on any atom is -0.396 e. The van der Waals surface area contributed by atoms with Gasteiger partial charge in [-0.25, -0.2) is 0 Å². The summed E-state index contributed by atoms with van der Waals surface area (Å²) in [6.45, 7) is 5.22. The standard InChI is InChI=1S/C25H29N3O5/c1-15-12-21(10-11-29)33-25(15)22-13-20(27-17(3)31)8-9-23(22)28(24(25)32)14-18-4-6-19(7-5-18)26-16(2)30/h4-9,13,15,21,29H,10-12,14H2,1-3H3,(H,26,30)(H,27,31)/t15-,21+,25+/m0/s1. The first-order chi connectivity index (χ1) is 15.7. The maximum absolute atomic E-state index is 13.9. The third-order valence-corrected chi connectivity index (χ3v) is 6.30. The van der Waals surface area contributed by atoms with Gasteiger partial charge < -0.3 is 25.4 Å². The average Bonchev–Trinajstić information content (AvgIpc) is 3.19. The summed E-state index contributed by atoms with van der Waals surface area (Å²) >= 11 is 0. The number of fused-ring (bicyclic) bond motifs is 2. The van der Waals surface area contributed by atoms with E-state index in [0.717, 1.165) is 16.8 Å². The lowest BCUT2D eigenvalue weighted by Crippen LogP contribution is -2.43. The fourth-order valence-electron chi connectivity index (χ4n) is 4.91. The zero-order valence-electron chi connectivity index (χ0n) is 19.1. The number of carbonyl (C=O) groups is 3. The summed E-state index contributed by atoms with van der Waals surface area (Å²) in [5.41, 5.74) is 2.54. The van der Waals surface area contributed by atoms with Crippen molar-refractivity contribution in [3.63, 3.8) is 0 Å². The van der Waals surface area contributed by atoms with Gasteiger partial charge in [0.05, 0.1) is 18.3 Å². The van der Waals surface area contributed by atoms with Crippen molar-refractivity contribution in [2.24, 2.45) is 5.92 Å². The van der Waals surface area contributed by atoms with Crippen molar-refractivity contribution >= 4 is 34.8 Å². The molecule has 0 bridgehead atoms. The molecule has 1 spiro atoms. The van der Waals surface area contributed by atoms with Crippen LogP contribution in [0.25, 0.3) is 0 Å². The summed E-state index contributed by atoms with van der Waals surface area (Å²) < 4.78 is 6.38. The molecule has 3 atom stereocenters. The Balaban J connectivity index is 1.71. The number of nitrogens with one attached hydrogen (secondary N) is 2. The lowest BCUT2D eigenvalue weighted by molar-refractivity contribution is -0.146. The molecule has 3 N–H and O–H groups in total. The van der Waals surface area contributed by atoms with E-state index in [1.165, 1.54) is 13.8 Å². The zero-order valence-corrected chi connectivity index (χ0v) is 19.1. The molecule has 1 saturated heterocycles. The van der Waals surface area contributed by atoms with Gasteiger partial charge in [-0.05, 0) is 48.7 Å². The molecule has 2 aromatic carbocycles. The molecule has 3 amide bonds. The quantitative estimate of drug-likeness (QED) is 0.625. The van der Waals surface area contributed by atoms with Crippen molar-refractivity contribution in [1.29, 1.82) is 0 Å². The summed E-state index contributed by atoms with van der Waals surface area (Å²) in [7, 11) is 0. The molecule has 8 heteroatoms. The first-order valence-electron chi connectivity index (χ1n) is 11.1. The second-order valence-corrected chi connectivity index (χ2v) is 8.81. The molecule has 0 saturated carbocycles. The number of hydrogen-bond acceptors (Lipinski definition) is 5. The zero-order chi connectivity index (χ0) is 23.8. The van der Waals surface area contributed by atoms with Crippen LogP contribution in [0.2, 0.25) is 0 Å². The van der Waals surface area contributed by atoms with Crippen LogP contribution < -0.4 is 15.5 Å². The van der Waals surface area contributed by atoms with Gasteiger partial charge >= 0.3 is 0 Å². The molecular weight excluding hydrogens is 422 g/mol. The van der Waals surface area contributed by atoms with E-state index in [-0.39, 0.29) is 36.4 Å². The molecular formula is C25H29N3O5. The molecule has 2 heterocycles. The number of aliphatic hydroxyl groups excluding tert-OH is 1. The Morgan fingerprint density at radius 2 is 1.73 bits per heavy atom. The third-order valence-electron chi connectivity index (χ3n) is 6.30. The van der Waals surface area contributed by atoms with Gasteiger partial charge in [0.25, 0.3) is 5.91 Å². The molecule has 0 unspecified atom stereocenters. The van der Waals surface area contributed by atoms with Crippen molar-refractivity contribution in [3.8, 4) is 0 Å². The van der Waals surface area contributed by atoms with Gasteiger partial charge in [-0.2, -0.15) is 0 Å². The Bertz CT molecular complexity index is 1080. The van der Waals surface area contributed by atoms with Gasteiger partial charge in [-0.3, -0.25) is 14.4 Å². The fraction of sp³-hybridized carbons (Fsp3) is 0.400. The molecule has 33 heavy (non-hydrogen) atoms. The van der Waals surface area contributed by atoms with Crippen LogP contribution in [-0.2, 0) is 31.3 Å². The fourth-order valence-corrected chi connectivity index (χ4v) is 4.91. The van der Waals surface area contributed by atoms with E-state index in [4.69, 9.17) is 4.74 Å². The lowest BCUT2D eigenvalue weighted by Gasteiger charge is -2.28. The minimum atomic E-state index is -1.15. The highest BCUT2D eigenvalue weighted by Crippen LogP contribution is 2.54. The Morgan fingerprint density at radius 3 is 2.36 bits per heavy atom. The van der Waals surface area contributed by atoms with Crippen LogP contribution in [-0.4, -0.2) is 35.5 Å². The summed E-state index contributed by atoms with van der Waals surface area (Å²) in [6.07, 6.45) is 0.906. The van der Waals surface area contributed by atoms with Gasteiger partial charge in [0, 0.05) is 43.3 Å². The van der Waals surface area contributed by atoms with Crippen molar-refractivity contribution in [2.45, 2.75) is 51.9 Å². The van der Waals surface area contributed by atoms with E-state index >= 15 is 0 Å². The minimum absolute atomic E-state index is 0.00912. The van der Waals surface area contributed by atoms with Crippen molar-refractivity contribution in [1.82, 2.24) is 0 Å². The Hall–Kier alpha value is -3.23. The highest BCUT2D eigenvalue weighted by Gasteiger charge is 2.60. The first-order valence-corrected chi connectivity index (χ1v) is 11.1. The van der Waals surface area contributed by atoms with Crippen LogP contribution in [0.3, 0.4) is 0 Å². The van der Waals surface area contributed by atoms with Gasteiger partial charge in [0.2, 0.25) is 11.8 Å². The van der Waals surface area contributed by atoms with Crippen LogP contribution >= 0.6 is 0 Å². The highest BCUT2D eigenvalue weighted by atomic mass is 16.5. The maximum atomic E-state index is 13.9. The molecule has 4 rings (SSSR count). The molecule has 0 aliphatic carbocycles. The van der Waals surface area contributed by atoms with Crippen LogP contribution in [0.4, 0.5) is 17.1 Å². The number of rotatable bonds is 6. The topological polar surface area (TPSA) is 108 Å². The van der Waals surface area contributed by atoms with Crippen LogP contribution in [0.1, 0.15) is 44.7 Å². The predicted octanol–water partition coefficient (Wildman–Crippen LogP) is 3.15. The Labute approximate surface area is 192 Å². The summed E-state index contributed by atoms with van der Waals surface area (Å²) in [5.74, 6) is -0.576. The second kappa shape index (κ2) is 8.96. The van der Waals surface area contributed by atoms with Crippen molar-refractivity contribution < 1.29 is 24.2 Å². The normalized spacial score (nSPS) is 23.6. The predicted molar refractivity (Wildman–Crippen MR) is 125 cm³/mol. The SMILES string of the molecule is CC(=O)Nc1ccc(CN2C(=O)[C@]3(O[C@H](CCO)C[C@@H]3C)c3cc(NC(C)=O)ccc32)cc1. The number of amides is 3. The molecule has 0 aromatic heterocycles. The second-order valence-electron chi connectivity index (χ2n) is 8.81.